The lowest BCUT2D eigenvalue weighted by atomic mass is 10.1. The number of para-hydroxylation sites is 1. The van der Waals surface area contributed by atoms with Gasteiger partial charge in [-0.3, -0.25) is 4.79 Å². The molecule has 0 radical (unpaired) electrons. The van der Waals surface area contributed by atoms with Gasteiger partial charge in [0.2, 0.25) is 0 Å². The zero-order chi connectivity index (χ0) is 14.0. The maximum absolute atomic E-state index is 12.4. The van der Waals surface area contributed by atoms with Gasteiger partial charge >= 0.3 is 5.97 Å². The van der Waals surface area contributed by atoms with Gasteiger partial charge in [-0.25, -0.2) is 4.79 Å². The van der Waals surface area contributed by atoms with Gasteiger partial charge in [0.05, 0.1) is 5.52 Å². The Bertz CT molecular complexity index is 711. The quantitative estimate of drug-likeness (QED) is 0.860. The van der Waals surface area contributed by atoms with Crippen molar-refractivity contribution in [2.24, 2.45) is 0 Å². The second kappa shape index (κ2) is 5.10. The van der Waals surface area contributed by atoms with Gasteiger partial charge in [0, 0.05) is 17.7 Å². The molecule has 2 rings (SSSR count). The van der Waals surface area contributed by atoms with E-state index in [2.05, 4.69) is 0 Å². The first-order chi connectivity index (χ1) is 9.00. The number of fused-ring (bicyclic) bond motifs is 1. The summed E-state index contributed by atoms with van der Waals surface area (Å²) in [5, 5.41) is 9.58. The number of hydrogen-bond donors (Lipinski definition) is 1. The van der Waals surface area contributed by atoms with Crippen molar-refractivity contribution < 1.29 is 9.90 Å². The van der Waals surface area contributed by atoms with Gasteiger partial charge in [-0.2, -0.15) is 0 Å². The molecule has 0 atom stereocenters. The van der Waals surface area contributed by atoms with E-state index in [1.807, 2.05) is 38.1 Å². The second-order valence-electron chi connectivity index (χ2n) is 4.60. The number of carboxylic acid groups (broad SMARTS) is 1. The first kappa shape index (κ1) is 13.1. The molecule has 0 unspecified atom stereocenters. The number of hydrogen-bond acceptors (Lipinski definition) is 2. The minimum atomic E-state index is -1.07. The summed E-state index contributed by atoms with van der Waals surface area (Å²) in [4.78, 5) is 22.9. The summed E-state index contributed by atoms with van der Waals surface area (Å²) in [5.41, 5.74) is 1.07. The Morgan fingerprint density at radius 3 is 2.63 bits per heavy atom. The minimum Gasteiger partial charge on any atom is -0.478 e. The van der Waals surface area contributed by atoms with Crippen molar-refractivity contribution in [1.29, 1.82) is 0 Å². The molecule has 1 aromatic heterocycles. The molecule has 4 nitrogen and oxygen atoms in total. The maximum Gasteiger partial charge on any atom is 0.328 e. The van der Waals surface area contributed by atoms with Crippen LogP contribution in [0.2, 0.25) is 0 Å². The Kier molecular flexibility index (Phi) is 3.51. The summed E-state index contributed by atoms with van der Waals surface area (Å²) in [6.07, 6.45) is 2.33. The first-order valence-corrected chi connectivity index (χ1v) is 6.06. The highest BCUT2D eigenvalue weighted by Gasteiger charge is 2.09. The molecule has 0 aliphatic carbocycles. The molecule has 0 aliphatic rings. The zero-order valence-corrected chi connectivity index (χ0v) is 10.8. The number of benzene rings is 1. The molecule has 1 heterocycles. The van der Waals surface area contributed by atoms with Crippen LogP contribution in [0, 0.1) is 0 Å². The van der Waals surface area contributed by atoms with Crippen molar-refractivity contribution >= 4 is 22.9 Å². The third kappa shape index (κ3) is 2.57. The van der Waals surface area contributed by atoms with E-state index in [9.17, 15) is 9.59 Å². The zero-order valence-electron chi connectivity index (χ0n) is 10.8. The average Bonchev–Trinajstić information content (AvgIpc) is 2.35. The molecule has 0 saturated carbocycles. The van der Waals surface area contributed by atoms with E-state index in [-0.39, 0.29) is 11.6 Å². The molecular weight excluding hydrogens is 242 g/mol. The molecule has 0 bridgehead atoms. The van der Waals surface area contributed by atoms with Crippen LogP contribution in [0.5, 0.6) is 0 Å². The molecule has 4 heteroatoms. The summed E-state index contributed by atoms with van der Waals surface area (Å²) in [6, 6.07) is 9.30. The molecule has 0 amide bonds. The summed E-state index contributed by atoms with van der Waals surface area (Å²) in [7, 11) is 0. The third-order valence-electron chi connectivity index (χ3n) is 2.89. The Balaban J connectivity index is 2.77. The minimum absolute atomic E-state index is 0.00979. The smallest absolute Gasteiger partial charge is 0.328 e. The van der Waals surface area contributed by atoms with Gasteiger partial charge in [0.15, 0.2) is 0 Å². The van der Waals surface area contributed by atoms with Crippen molar-refractivity contribution in [2.45, 2.75) is 19.9 Å². The normalized spacial score (nSPS) is 11.5. The lowest BCUT2D eigenvalue weighted by Gasteiger charge is -2.14. The van der Waals surface area contributed by atoms with Crippen LogP contribution in [0.1, 0.15) is 25.5 Å². The molecule has 0 spiro atoms. The average molecular weight is 257 g/mol. The molecule has 0 aliphatic heterocycles. The highest BCUT2D eigenvalue weighted by molar-refractivity contribution is 5.87. The van der Waals surface area contributed by atoms with Crippen LogP contribution in [0.3, 0.4) is 0 Å². The summed E-state index contributed by atoms with van der Waals surface area (Å²) < 4.78 is 1.68. The van der Waals surface area contributed by atoms with E-state index in [1.165, 1.54) is 6.08 Å². The third-order valence-corrected chi connectivity index (χ3v) is 2.89. The van der Waals surface area contributed by atoms with E-state index in [0.29, 0.717) is 5.56 Å². The Hall–Kier alpha value is -2.36. The first-order valence-electron chi connectivity index (χ1n) is 6.06. The number of nitrogens with zero attached hydrogens (tertiary/aromatic N) is 1. The van der Waals surface area contributed by atoms with Crippen molar-refractivity contribution in [3.63, 3.8) is 0 Å². The maximum atomic E-state index is 12.4. The van der Waals surface area contributed by atoms with E-state index in [0.717, 1.165) is 17.0 Å². The number of aromatic nitrogens is 1. The standard InChI is InChI=1S/C15H15NO3/c1-10(2)16-13-6-4-3-5-11(13)9-12(15(16)19)7-8-14(17)18/h3-10H,1-2H3,(H,17,18)/b8-7+. The highest BCUT2D eigenvalue weighted by atomic mass is 16.4. The lowest BCUT2D eigenvalue weighted by Crippen LogP contribution is -2.24. The number of carboxylic acids is 1. The molecule has 0 saturated heterocycles. The molecule has 1 N–H and O–H groups in total. The van der Waals surface area contributed by atoms with Crippen LogP contribution in [0.4, 0.5) is 0 Å². The fraction of sp³-hybridized carbons (Fsp3) is 0.200. The van der Waals surface area contributed by atoms with Crippen LogP contribution >= 0.6 is 0 Å². The predicted molar refractivity (Wildman–Crippen MR) is 75.3 cm³/mol. The van der Waals surface area contributed by atoms with E-state index in [4.69, 9.17) is 5.11 Å². The van der Waals surface area contributed by atoms with Gasteiger partial charge in [0.25, 0.3) is 5.56 Å². The lowest BCUT2D eigenvalue weighted by molar-refractivity contribution is -0.131. The molecular formula is C15H15NO3. The van der Waals surface area contributed by atoms with E-state index < -0.39 is 5.97 Å². The van der Waals surface area contributed by atoms with E-state index in [1.54, 1.807) is 10.6 Å². The molecule has 1 aromatic carbocycles. The van der Waals surface area contributed by atoms with Gasteiger partial charge in [-0.1, -0.05) is 18.2 Å². The van der Waals surface area contributed by atoms with Crippen LogP contribution in [0.15, 0.2) is 41.2 Å². The van der Waals surface area contributed by atoms with Gasteiger partial charge in [-0.15, -0.1) is 0 Å². The van der Waals surface area contributed by atoms with Crippen LogP contribution in [0.25, 0.3) is 17.0 Å². The summed E-state index contributed by atoms with van der Waals surface area (Å²) >= 11 is 0. The Labute approximate surface area is 110 Å². The molecule has 0 fully saturated rings. The second-order valence-corrected chi connectivity index (χ2v) is 4.60. The topological polar surface area (TPSA) is 59.3 Å². The van der Waals surface area contributed by atoms with Crippen LogP contribution in [-0.4, -0.2) is 15.6 Å². The van der Waals surface area contributed by atoms with Gasteiger partial charge in [0.1, 0.15) is 0 Å². The highest BCUT2D eigenvalue weighted by Crippen LogP contribution is 2.17. The van der Waals surface area contributed by atoms with Crippen molar-refractivity contribution in [3.05, 3.63) is 52.3 Å². The summed E-state index contributed by atoms with van der Waals surface area (Å²) in [5.74, 6) is -1.07. The van der Waals surface area contributed by atoms with E-state index >= 15 is 0 Å². The summed E-state index contributed by atoms with van der Waals surface area (Å²) in [6.45, 7) is 3.86. The van der Waals surface area contributed by atoms with Gasteiger partial charge < -0.3 is 9.67 Å². The molecule has 2 aromatic rings. The van der Waals surface area contributed by atoms with Crippen molar-refractivity contribution in [1.82, 2.24) is 4.57 Å². The van der Waals surface area contributed by atoms with Gasteiger partial charge in [-0.05, 0) is 37.4 Å². The largest absolute Gasteiger partial charge is 0.478 e. The fourth-order valence-corrected chi connectivity index (χ4v) is 2.10. The fourth-order valence-electron chi connectivity index (χ4n) is 2.10. The number of rotatable bonds is 3. The number of aliphatic carboxylic acids is 1. The monoisotopic (exact) mass is 257 g/mol. The number of pyridine rings is 1. The molecule has 98 valence electrons. The predicted octanol–water partition coefficient (Wildman–Crippen LogP) is 2.68. The SMILES string of the molecule is CC(C)n1c(=O)c(/C=C/C(=O)O)cc2ccccc21. The van der Waals surface area contributed by atoms with Crippen molar-refractivity contribution in [2.75, 3.05) is 0 Å². The van der Waals surface area contributed by atoms with Crippen molar-refractivity contribution in [3.8, 4) is 0 Å². The molecule has 19 heavy (non-hydrogen) atoms. The Morgan fingerprint density at radius 2 is 2.00 bits per heavy atom. The van der Waals surface area contributed by atoms with Crippen LogP contribution in [-0.2, 0) is 4.79 Å². The Morgan fingerprint density at radius 1 is 1.32 bits per heavy atom. The van der Waals surface area contributed by atoms with Crippen LogP contribution < -0.4 is 5.56 Å². The number of carbonyl (C=O) groups is 1.